The van der Waals surface area contributed by atoms with E-state index in [4.69, 9.17) is 20.1 Å². The Labute approximate surface area is 119 Å². The SMILES string of the molecule is [2H]C([2H])(O)[C@@]1(F)O[C@@H](n2cc(CO)c(=O)[nH]c2=S)[C@H](O)[C@@H]1O. The first-order valence-corrected chi connectivity index (χ1v) is 5.84. The zero-order chi connectivity index (χ0) is 16.9. The molecule has 1 aromatic rings. The molecule has 20 heavy (non-hydrogen) atoms. The minimum Gasteiger partial charge on any atom is -0.391 e. The highest BCUT2D eigenvalue weighted by Gasteiger charge is 2.55. The van der Waals surface area contributed by atoms with E-state index in [1.807, 2.05) is 0 Å². The summed E-state index contributed by atoms with van der Waals surface area (Å²) in [7, 11) is 0. The summed E-state index contributed by atoms with van der Waals surface area (Å²) in [6.45, 7) is -4.29. The Morgan fingerprint density at radius 2 is 2.25 bits per heavy atom. The number of ether oxygens (including phenoxy) is 1. The first-order chi connectivity index (χ1) is 10.0. The van der Waals surface area contributed by atoms with E-state index in [-0.39, 0.29) is 10.3 Å². The molecule has 0 unspecified atom stereocenters. The molecule has 2 rings (SSSR count). The first kappa shape index (κ1) is 12.6. The number of hydrogen-bond acceptors (Lipinski definition) is 7. The predicted octanol–water partition coefficient (Wildman–Crippen LogP) is -1.69. The fraction of sp³-hybridized carbons (Fsp3) is 0.600. The second kappa shape index (κ2) is 5.31. The third-order valence-electron chi connectivity index (χ3n) is 2.93. The van der Waals surface area contributed by atoms with Crippen molar-refractivity contribution in [1.82, 2.24) is 9.55 Å². The Kier molecular flexibility index (Phi) is 3.34. The number of hydrogen-bond donors (Lipinski definition) is 5. The van der Waals surface area contributed by atoms with Crippen LogP contribution in [0.1, 0.15) is 14.5 Å². The number of alkyl halides is 1. The largest absolute Gasteiger partial charge is 0.391 e. The molecule has 0 amide bonds. The molecule has 0 aliphatic carbocycles. The Bertz CT molecular complexity index is 691. The second-order valence-electron chi connectivity index (χ2n) is 4.18. The predicted molar refractivity (Wildman–Crippen MR) is 64.9 cm³/mol. The number of halogens is 1. The van der Waals surface area contributed by atoms with Gasteiger partial charge in [-0.15, -0.1) is 0 Å². The third-order valence-corrected chi connectivity index (χ3v) is 3.24. The number of aromatic amines is 1. The molecule has 1 aromatic heterocycles. The smallest absolute Gasteiger partial charge is 0.263 e. The maximum Gasteiger partial charge on any atom is 0.263 e. The number of nitrogens with zero attached hydrogens (tertiary/aromatic N) is 1. The Morgan fingerprint density at radius 3 is 2.75 bits per heavy atom. The van der Waals surface area contributed by atoms with E-state index in [0.717, 1.165) is 10.8 Å². The van der Waals surface area contributed by atoms with Crippen LogP contribution in [0.3, 0.4) is 0 Å². The molecule has 1 fully saturated rings. The van der Waals surface area contributed by atoms with Gasteiger partial charge in [0.05, 0.1) is 14.9 Å². The minimum atomic E-state index is -3.61. The van der Waals surface area contributed by atoms with Crippen molar-refractivity contribution in [2.75, 3.05) is 6.56 Å². The van der Waals surface area contributed by atoms with Crippen molar-refractivity contribution >= 4 is 12.2 Å². The molecule has 0 saturated carbocycles. The van der Waals surface area contributed by atoms with Crippen LogP contribution in [0, 0.1) is 4.77 Å². The molecule has 1 aliphatic rings. The summed E-state index contributed by atoms with van der Waals surface area (Å²) in [5.41, 5.74) is -0.886. The van der Waals surface area contributed by atoms with Gasteiger partial charge in [0.2, 0.25) is 0 Å². The number of rotatable bonds is 3. The van der Waals surface area contributed by atoms with E-state index in [1.165, 1.54) is 0 Å². The van der Waals surface area contributed by atoms with Gasteiger partial charge in [-0.05, 0) is 12.2 Å². The van der Waals surface area contributed by atoms with Gasteiger partial charge in [0.25, 0.3) is 11.4 Å². The molecule has 5 N–H and O–H groups in total. The monoisotopic (exact) mass is 310 g/mol. The zero-order valence-corrected chi connectivity index (χ0v) is 10.7. The van der Waals surface area contributed by atoms with Crippen LogP contribution >= 0.6 is 12.2 Å². The minimum absolute atomic E-state index is 0.178. The number of H-pyrrole nitrogens is 1. The van der Waals surface area contributed by atoms with Crippen LogP contribution in [0.15, 0.2) is 11.0 Å². The fourth-order valence-corrected chi connectivity index (χ4v) is 2.08. The average molecular weight is 310 g/mol. The van der Waals surface area contributed by atoms with Gasteiger partial charge in [0.1, 0.15) is 18.8 Å². The number of aliphatic hydroxyl groups excluding tert-OH is 3. The van der Waals surface area contributed by atoms with Gasteiger partial charge in [0, 0.05) is 6.20 Å². The van der Waals surface area contributed by atoms with Crippen LogP contribution in [-0.4, -0.2) is 54.6 Å². The average Bonchev–Trinajstić information content (AvgIpc) is 2.64. The molecular formula is C10H13FN2O6S. The molecule has 10 heteroatoms. The first-order valence-electron chi connectivity index (χ1n) is 6.43. The summed E-state index contributed by atoms with van der Waals surface area (Å²) in [4.78, 5) is 13.6. The van der Waals surface area contributed by atoms with Crippen molar-refractivity contribution in [3.05, 3.63) is 26.9 Å². The summed E-state index contributed by atoms with van der Waals surface area (Å²) >= 11 is 4.82. The molecule has 8 nitrogen and oxygen atoms in total. The summed E-state index contributed by atoms with van der Waals surface area (Å²) < 4.78 is 33.5. The maximum atomic E-state index is 14.4. The highest BCUT2D eigenvalue weighted by atomic mass is 32.1. The van der Waals surface area contributed by atoms with Gasteiger partial charge in [-0.2, -0.15) is 0 Å². The number of aliphatic hydroxyl groups is 4. The van der Waals surface area contributed by atoms with Crippen molar-refractivity contribution in [1.29, 1.82) is 0 Å². The van der Waals surface area contributed by atoms with E-state index in [2.05, 4.69) is 9.72 Å². The molecule has 0 bridgehead atoms. The Hall–Kier alpha value is -1.17. The van der Waals surface area contributed by atoms with Gasteiger partial charge < -0.3 is 25.2 Å². The summed E-state index contributed by atoms with van der Waals surface area (Å²) in [5, 5.41) is 37.7. The Morgan fingerprint density at radius 1 is 1.60 bits per heavy atom. The van der Waals surface area contributed by atoms with Gasteiger partial charge in [-0.1, -0.05) is 0 Å². The maximum absolute atomic E-state index is 14.4. The summed E-state index contributed by atoms with van der Waals surface area (Å²) in [6.07, 6.45) is -5.15. The molecular weight excluding hydrogens is 295 g/mol. The van der Waals surface area contributed by atoms with Gasteiger partial charge >= 0.3 is 0 Å². The third kappa shape index (κ3) is 2.30. The molecule has 1 saturated heterocycles. The van der Waals surface area contributed by atoms with E-state index in [1.54, 1.807) is 0 Å². The Balaban J connectivity index is 2.52. The lowest BCUT2D eigenvalue weighted by Gasteiger charge is -2.20. The normalized spacial score (nSPS) is 35.8. The second-order valence-corrected chi connectivity index (χ2v) is 4.57. The van der Waals surface area contributed by atoms with Gasteiger partial charge in [-0.25, -0.2) is 4.39 Å². The van der Waals surface area contributed by atoms with Crippen LogP contribution in [-0.2, 0) is 11.3 Å². The molecule has 0 radical (unpaired) electrons. The van der Waals surface area contributed by atoms with Crippen LogP contribution in [0.2, 0.25) is 0 Å². The van der Waals surface area contributed by atoms with Crippen molar-refractivity contribution in [2.45, 2.75) is 30.9 Å². The quantitative estimate of drug-likeness (QED) is 0.421. The number of aromatic nitrogens is 2. The van der Waals surface area contributed by atoms with Gasteiger partial charge in [-0.3, -0.25) is 14.3 Å². The van der Waals surface area contributed by atoms with Crippen molar-refractivity contribution in [2.24, 2.45) is 0 Å². The van der Waals surface area contributed by atoms with Crippen LogP contribution < -0.4 is 5.56 Å². The van der Waals surface area contributed by atoms with E-state index < -0.39 is 43.0 Å². The van der Waals surface area contributed by atoms with Crippen LogP contribution in [0.5, 0.6) is 0 Å². The van der Waals surface area contributed by atoms with Crippen molar-refractivity contribution in [3.8, 4) is 0 Å². The summed E-state index contributed by atoms with van der Waals surface area (Å²) in [5.74, 6) is -3.61. The molecule has 0 spiro atoms. The van der Waals surface area contributed by atoms with Crippen LogP contribution in [0.4, 0.5) is 4.39 Å². The van der Waals surface area contributed by atoms with Crippen molar-refractivity contribution < 1.29 is 32.3 Å². The lowest BCUT2D eigenvalue weighted by atomic mass is 10.1. The van der Waals surface area contributed by atoms with E-state index >= 15 is 0 Å². The molecule has 2 heterocycles. The zero-order valence-electron chi connectivity index (χ0n) is 11.9. The van der Waals surface area contributed by atoms with E-state index in [0.29, 0.717) is 0 Å². The fourth-order valence-electron chi connectivity index (χ4n) is 1.83. The molecule has 1 aliphatic heterocycles. The highest BCUT2D eigenvalue weighted by Crippen LogP contribution is 2.37. The standard InChI is InChI=1S/C10H13FN2O6S/c11-10(3-15)6(17)5(16)8(19-10)13-1-4(2-14)7(18)12-9(13)20/h1,5-6,8,14-17H,2-3H2,(H,12,18,20)/t5-,6+,8-,10-/m1/s1/i3D2. The molecule has 0 aromatic carbocycles. The van der Waals surface area contributed by atoms with Gasteiger partial charge in [0.15, 0.2) is 11.0 Å². The summed E-state index contributed by atoms with van der Waals surface area (Å²) in [6, 6.07) is 0. The molecule has 112 valence electrons. The van der Waals surface area contributed by atoms with E-state index in [9.17, 15) is 24.5 Å². The van der Waals surface area contributed by atoms with Crippen LogP contribution in [0.25, 0.3) is 0 Å². The van der Waals surface area contributed by atoms with Crippen molar-refractivity contribution in [3.63, 3.8) is 0 Å². The topological polar surface area (TPSA) is 128 Å². The number of nitrogens with one attached hydrogen (secondary N) is 1. The lowest BCUT2D eigenvalue weighted by Crippen LogP contribution is -2.42. The highest BCUT2D eigenvalue weighted by molar-refractivity contribution is 7.71. The molecule has 4 atom stereocenters. The lowest BCUT2D eigenvalue weighted by molar-refractivity contribution is -0.207.